The summed E-state index contributed by atoms with van der Waals surface area (Å²) in [5.74, 6) is 0.0266. The Morgan fingerprint density at radius 2 is 2.14 bits per heavy atom. The van der Waals surface area contributed by atoms with Crippen LogP contribution in [0.15, 0.2) is 18.2 Å². The van der Waals surface area contributed by atoms with Crippen molar-refractivity contribution in [1.29, 1.82) is 0 Å². The summed E-state index contributed by atoms with van der Waals surface area (Å²) in [7, 11) is 0. The van der Waals surface area contributed by atoms with Gasteiger partial charge in [-0.1, -0.05) is 23.7 Å². The second kappa shape index (κ2) is 6.06. The molecule has 114 valence electrons. The second-order valence-corrected chi connectivity index (χ2v) is 6.42. The Morgan fingerprint density at radius 1 is 1.43 bits per heavy atom. The quantitative estimate of drug-likeness (QED) is 0.933. The van der Waals surface area contributed by atoms with Crippen molar-refractivity contribution in [1.82, 2.24) is 10.2 Å². The van der Waals surface area contributed by atoms with Crippen LogP contribution in [0.5, 0.6) is 0 Å². The third-order valence-electron chi connectivity index (χ3n) is 4.14. The van der Waals surface area contributed by atoms with Crippen LogP contribution in [0.4, 0.5) is 0 Å². The van der Waals surface area contributed by atoms with E-state index in [1.807, 2.05) is 32.0 Å². The Labute approximate surface area is 130 Å². The van der Waals surface area contributed by atoms with E-state index in [0.29, 0.717) is 26.1 Å². The van der Waals surface area contributed by atoms with Gasteiger partial charge in [-0.3, -0.25) is 9.59 Å². The maximum absolute atomic E-state index is 12.4. The van der Waals surface area contributed by atoms with E-state index in [1.165, 1.54) is 0 Å². The third kappa shape index (κ3) is 3.56. The van der Waals surface area contributed by atoms with Gasteiger partial charge in [-0.15, -0.1) is 0 Å². The van der Waals surface area contributed by atoms with Crippen LogP contribution >= 0.6 is 11.6 Å². The van der Waals surface area contributed by atoms with Gasteiger partial charge in [0.25, 0.3) is 0 Å². The first kappa shape index (κ1) is 15.8. The van der Waals surface area contributed by atoms with Gasteiger partial charge in [-0.05, 0) is 37.5 Å². The predicted molar refractivity (Wildman–Crippen MR) is 83.0 cm³/mol. The largest absolute Gasteiger partial charge is 0.351 e. The van der Waals surface area contributed by atoms with Crippen molar-refractivity contribution >= 4 is 23.4 Å². The number of carbonyl (C=O) groups is 2. The Balaban J connectivity index is 1.95. The summed E-state index contributed by atoms with van der Waals surface area (Å²) in [6, 6.07) is 5.73. The second-order valence-electron chi connectivity index (χ2n) is 6.02. The highest BCUT2D eigenvalue weighted by Gasteiger charge is 2.40. The van der Waals surface area contributed by atoms with E-state index >= 15 is 0 Å². The first-order chi connectivity index (χ1) is 9.82. The Kier molecular flexibility index (Phi) is 4.57. The van der Waals surface area contributed by atoms with E-state index in [1.54, 1.807) is 11.8 Å². The van der Waals surface area contributed by atoms with Crippen molar-refractivity contribution in [2.75, 3.05) is 13.1 Å². The van der Waals surface area contributed by atoms with E-state index in [9.17, 15) is 9.59 Å². The molecule has 0 saturated carbocycles. The van der Waals surface area contributed by atoms with Gasteiger partial charge in [0.05, 0.1) is 5.41 Å². The number of likely N-dealkylation sites (tertiary alicyclic amines) is 1. The summed E-state index contributed by atoms with van der Waals surface area (Å²) in [6.45, 7) is 7.02. The average Bonchev–Trinajstić information content (AvgIpc) is 2.84. The van der Waals surface area contributed by atoms with Gasteiger partial charge < -0.3 is 10.2 Å². The van der Waals surface area contributed by atoms with Crippen molar-refractivity contribution in [2.24, 2.45) is 5.41 Å². The van der Waals surface area contributed by atoms with Crippen LogP contribution in [-0.2, 0) is 16.1 Å². The van der Waals surface area contributed by atoms with Crippen LogP contribution in [0, 0.1) is 12.3 Å². The van der Waals surface area contributed by atoms with Crippen molar-refractivity contribution in [3.05, 3.63) is 34.3 Å². The number of nitrogens with one attached hydrogen (secondary N) is 1. The lowest BCUT2D eigenvalue weighted by Gasteiger charge is -2.23. The van der Waals surface area contributed by atoms with Crippen LogP contribution in [0.1, 0.15) is 31.4 Å². The summed E-state index contributed by atoms with van der Waals surface area (Å²) < 4.78 is 0. The van der Waals surface area contributed by atoms with Crippen LogP contribution in [0.25, 0.3) is 0 Å². The van der Waals surface area contributed by atoms with Crippen molar-refractivity contribution in [3.63, 3.8) is 0 Å². The normalized spacial score (nSPS) is 21.4. The number of carbonyl (C=O) groups excluding carboxylic acids is 2. The Bertz CT molecular complexity index is 573. The monoisotopic (exact) mass is 308 g/mol. The molecule has 1 aliphatic heterocycles. The minimum Gasteiger partial charge on any atom is -0.351 e. The van der Waals surface area contributed by atoms with E-state index < -0.39 is 5.41 Å². The summed E-state index contributed by atoms with van der Waals surface area (Å²) in [5.41, 5.74) is 1.53. The molecular formula is C16H21ClN2O2. The van der Waals surface area contributed by atoms with Gasteiger partial charge >= 0.3 is 0 Å². The molecule has 0 aliphatic carbocycles. The smallest absolute Gasteiger partial charge is 0.228 e. The summed E-state index contributed by atoms with van der Waals surface area (Å²) in [5, 5.41) is 3.69. The fourth-order valence-corrected chi connectivity index (χ4v) is 2.75. The molecule has 1 unspecified atom stereocenters. The van der Waals surface area contributed by atoms with Crippen LogP contribution in [0.2, 0.25) is 5.02 Å². The third-order valence-corrected chi connectivity index (χ3v) is 4.57. The van der Waals surface area contributed by atoms with Crippen LogP contribution < -0.4 is 5.32 Å². The fraction of sp³-hybridized carbons (Fsp3) is 0.500. The molecule has 0 aromatic heterocycles. The van der Waals surface area contributed by atoms with Crippen molar-refractivity contribution < 1.29 is 9.59 Å². The first-order valence-electron chi connectivity index (χ1n) is 7.11. The first-order valence-corrected chi connectivity index (χ1v) is 7.48. The maximum Gasteiger partial charge on any atom is 0.228 e. The molecule has 1 N–H and O–H groups in total. The summed E-state index contributed by atoms with van der Waals surface area (Å²) in [4.78, 5) is 25.5. The Morgan fingerprint density at radius 3 is 2.71 bits per heavy atom. The zero-order chi connectivity index (χ0) is 15.6. The fourth-order valence-electron chi connectivity index (χ4n) is 2.63. The molecule has 5 heteroatoms. The highest BCUT2D eigenvalue weighted by molar-refractivity contribution is 6.31. The zero-order valence-electron chi connectivity index (χ0n) is 12.7. The van der Waals surface area contributed by atoms with Gasteiger partial charge in [0.15, 0.2) is 0 Å². The molecule has 2 amide bonds. The lowest BCUT2D eigenvalue weighted by Crippen LogP contribution is -2.41. The van der Waals surface area contributed by atoms with Gasteiger partial charge in [0.1, 0.15) is 0 Å². The predicted octanol–water partition coefficient (Wildman–Crippen LogP) is 2.52. The molecule has 2 rings (SSSR count). The van der Waals surface area contributed by atoms with Gasteiger partial charge in [0, 0.05) is 31.6 Å². The number of nitrogens with zero attached hydrogens (tertiary/aromatic N) is 1. The molecule has 1 atom stereocenters. The lowest BCUT2D eigenvalue weighted by molar-refractivity contribution is -0.131. The minimum atomic E-state index is -0.493. The number of benzene rings is 1. The number of hydrogen-bond acceptors (Lipinski definition) is 2. The molecule has 1 heterocycles. The molecule has 1 aliphatic rings. The summed E-state index contributed by atoms with van der Waals surface area (Å²) in [6.07, 6.45) is 0.706. The van der Waals surface area contributed by atoms with E-state index in [-0.39, 0.29) is 11.8 Å². The molecule has 0 radical (unpaired) electrons. The number of hydrogen-bond donors (Lipinski definition) is 1. The van der Waals surface area contributed by atoms with E-state index in [2.05, 4.69) is 5.32 Å². The van der Waals surface area contributed by atoms with Gasteiger partial charge in [-0.25, -0.2) is 0 Å². The highest BCUT2D eigenvalue weighted by Crippen LogP contribution is 2.30. The molecule has 21 heavy (non-hydrogen) atoms. The van der Waals surface area contributed by atoms with Crippen LogP contribution in [-0.4, -0.2) is 29.8 Å². The maximum atomic E-state index is 12.4. The van der Waals surface area contributed by atoms with E-state index in [4.69, 9.17) is 11.6 Å². The standard InChI is InChI=1S/C16H21ClN2O2/c1-11-8-13(4-5-14(11)17)9-18-15(21)16(3)6-7-19(10-16)12(2)20/h4-5,8H,6-7,9-10H2,1-3H3,(H,18,21). The van der Waals surface area contributed by atoms with Gasteiger partial charge in [-0.2, -0.15) is 0 Å². The molecule has 0 bridgehead atoms. The van der Waals surface area contributed by atoms with Crippen molar-refractivity contribution in [2.45, 2.75) is 33.7 Å². The number of amides is 2. The lowest BCUT2D eigenvalue weighted by atomic mass is 9.88. The number of halogens is 1. The summed E-state index contributed by atoms with van der Waals surface area (Å²) >= 11 is 5.99. The molecule has 1 aromatic carbocycles. The zero-order valence-corrected chi connectivity index (χ0v) is 13.5. The number of rotatable bonds is 3. The molecule has 4 nitrogen and oxygen atoms in total. The highest BCUT2D eigenvalue weighted by atomic mass is 35.5. The molecule has 1 fully saturated rings. The average molecular weight is 309 g/mol. The molecule has 1 saturated heterocycles. The molecular weight excluding hydrogens is 288 g/mol. The topological polar surface area (TPSA) is 49.4 Å². The van der Waals surface area contributed by atoms with Crippen LogP contribution in [0.3, 0.4) is 0 Å². The Hall–Kier alpha value is -1.55. The van der Waals surface area contributed by atoms with Gasteiger partial charge in [0.2, 0.25) is 11.8 Å². The number of aryl methyl sites for hydroxylation is 1. The minimum absolute atomic E-state index is 0.00106. The SMILES string of the molecule is CC(=O)N1CCC(C)(C(=O)NCc2ccc(Cl)c(C)c2)C1. The molecule has 0 spiro atoms. The molecule has 1 aromatic rings. The van der Waals surface area contributed by atoms with Crippen molar-refractivity contribution in [3.8, 4) is 0 Å². The van der Waals surface area contributed by atoms with E-state index in [0.717, 1.165) is 16.1 Å².